The van der Waals surface area contributed by atoms with Crippen LogP contribution in [0.5, 0.6) is 5.88 Å². The standard InChI is InChI=1S/C17H21N7O/c1-22-14(10-20-21-22)11-23-5-7-24(8-6-23)13-3-4-16-15(9-13)17(25-2)19-12-18-16/h3-4,9-10,12H,5-8,11H2,1-2H3. The monoisotopic (exact) mass is 339 g/mol. The van der Waals surface area contributed by atoms with Crippen molar-refractivity contribution < 1.29 is 4.74 Å². The number of nitrogens with zero attached hydrogens (tertiary/aromatic N) is 7. The van der Waals surface area contributed by atoms with Crippen LogP contribution < -0.4 is 9.64 Å². The lowest BCUT2D eigenvalue weighted by Crippen LogP contribution is -2.46. The summed E-state index contributed by atoms with van der Waals surface area (Å²) in [7, 11) is 3.57. The molecule has 1 fully saturated rings. The normalized spacial score (nSPS) is 15.7. The van der Waals surface area contributed by atoms with E-state index in [9.17, 15) is 0 Å². The Bertz CT molecular complexity index is 870. The summed E-state index contributed by atoms with van der Waals surface area (Å²) in [5, 5.41) is 8.89. The number of aromatic nitrogens is 5. The van der Waals surface area contributed by atoms with Crippen molar-refractivity contribution in [3.05, 3.63) is 36.4 Å². The van der Waals surface area contributed by atoms with Crippen LogP contribution in [0.25, 0.3) is 10.9 Å². The fourth-order valence-corrected chi connectivity index (χ4v) is 3.23. The fraction of sp³-hybridized carbons (Fsp3) is 0.412. The first kappa shape index (κ1) is 15.8. The predicted octanol–water partition coefficient (Wildman–Crippen LogP) is 1.09. The van der Waals surface area contributed by atoms with E-state index < -0.39 is 0 Å². The number of hydrogen-bond donors (Lipinski definition) is 0. The molecule has 130 valence electrons. The minimum atomic E-state index is 0.620. The van der Waals surface area contributed by atoms with Crippen LogP contribution in [-0.2, 0) is 13.6 Å². The first-order valence-electron chi connectivity index (χ1n) is 8.34. The lowest BCUT2D eigenvalue weighted by Gasteiger charge is -2.36. The van der Waals surface area contributed by atoms with E-state index in [0.29, 0.717) is 5.88 Å². The fourth-order valence-electron chi connectivity index (χ4n) is 3.23. The molecule has 1 aliphatic heterocycles. The highest BCUT2D eigenvalue weighted by Gasteiger charge is 2.19. The van der Waals surface area contributed by atoms with Crippen molar-refractivity contribution in [2.75, 3.05) is 38.2 Å². The van der Waals surface area contributed by atoms with Gasteiger partial charge in [-0.1, -0.05) is 5.21 Å². The van der Waals surface area contributed by atoms with Crippen molar-refractivity contribution in [2.45, 2.75) is 6.54 Å². The van der Waals surface area contributed by atoms with Gasteiger partial charge in [0.2, 0.25) is 5.88 Å². The summed E-state index contributed by atoms with van der Waals surface area (Å²) < 4.78 is 7.20. The minimum Gasteiger partial charge on any atom is -0.480 e. The van der Waals surface area contributed by atoms with Crippen LogP contribution in [0.4, 0.5) is 5.69 Å². The molecule has 8 nitrogen and oxygen atoms in total. The second-order valence-corrected chi connectivity index (χ2v) is 6.20. The lowest BCUT2D eigenvalue weighted by atomic mass is 10.2. The molecule has 3 aromatic rings. The van der Waals surface area contributed by atoms with Gasteiger partial charge in [-0.25, -0.2) is 9.97 Å². The number of anilines is 1. The molecule has 0 bridgehead atoms. The highest BCUT2D eigenvalue weighted by Crippen LogP contribution is 2.27. The van der Waals surface area contributed by atoms with E-state index in [1.807, 2.05) is 24.0 Å². The SMILES string of the molecule is COc1ncnc2ccc(N3CCN(Cc4cnnn4C)CC3)cc12. The van der Waals surface area contributed by atoms with Crippen molar-refractivity contribution in [1.29, 1.82) is 0 Å². The van der Waals surface area contributed by atoms with Gasteiger partial charge >= 0.3 is 0 Å². The highest BCUT2D eigenvalue weighted by molar-refractivity contribution is 5.86. The van der Waals surface area contributed by atoms with E-state index in [1.165, 1.54) is 12.0 Å². The van der Waals surface area contributed by atoms with Gasteiger partial charge in [-0.2, -0.15) is 0 Å². The molecule has 0 amide bonds. The van der Waals surface area contributed by atoms with Gasteiger partial charge in [-0.15, -0.1) is 5.10 Å². The summed E-state index contributed by atoms with van der Waals surface area (Å²) >= 11 is 0. The molecule has 0 unspecified atom stereocenters. The number of hydrogen-bond acceptors (Lipinski definition) is 7. The molecular formula is C17H21N7O. The third-order valence-corrected chi connectivity index (χ3v) is 4.71. The van der Waals surface area contributed by atoms with Gasteiger partial charge < -0.3 is 9.64 Å². The second kappa shape index (κ2) is 6.64. The third-order valence-electron chi connectivity index (χ3n) is 4.71. The van der Waals surface area contributed by atoms with Crippen molar-refractivity contribution in [2.24, 2.45) is 7.05 Å². The molecule has 4 rings (SSSR count). The average Bonchev–Trinajstić information content (AvgIpc) is 3.06. The van der Waals surface area contributed by atoms with Crippen molar-refractivity contribution in [1.82, 2.24) is 29.9 Å². The summed E-state index contributed by atoms with van der Waals surface area (Å²) in [4.78, 5) is 13.3. The first-order chi connectivity index (χ1) is 12.2. The Morgan fingerprint density at radius 2 is 1.96 bits per heavy atom. The third kappa shape index (κ3) is 3.12. The summed E-state index contributed by atoms with van der Waals surface area (Å²) in [5.74, 6) is 0.620. The lowest BCUT2D eigenvalue weighted by molar-refractivity contribution is 0.244. The first-order valence-corrected chi connectivity index (χ1v) is 8.34. The Balaban J connectivity index is 1.47. The van der Waals surface area contributed by atoms with E-state index in [2.05, 4.69) is 42.2 Å². The number of aryl methyl sites for hydroxylation is 1. The Hall–Kier alpha value is -2.74. The zero-order valence-electron chi connectivity index (χ0n) is 14.5. The van der Waals surface area contributed by atoms with Crippen molar-refractivity contribution in [3.8, 4) is 5.88 Å². The van der Waals surface area contributed by atoms with Crippen LogP contribution in [0.15, 0.2) is 30.7 Å². The topological polar surface area (TPSA) is 72.2 Å². The molecule has 0 radical (unpaired) electrons. The zero-order chi connectivity index (χ0) is 17.2. The maximum absolute atomic E-state index is 5.36. The molecule has 0 saturated carbocycles. The van der Waals surface area contributed by atoms with E-state index in [1.54, 1.807) is 7.11 Å². The molecule has 1 aliphatic rings. The summed E-state index contributed by atoms with van der Waals surface area (Å²) in [5.41, 5.74) is 3.22. The van der Waals surface area contributed by atoms with E-state index in [-0.39, 0.29) is 0 Å². The number of benzene rings is 1. The number of ether oxygens (including phenoxy) is 1. The van der Waals surface area contributed by atoms with Gasteiger partial charge in [-0.05, 0) is 18.2 Å². The molecule has 1 aromatic carbocycles. The summed E-state index contributed by atoms with van der Waals surface area (Å²) in [6.45, 7) is 4.85. The highest BCUT2D eigenvalue weighted by atomic mass is 16.5. The van der Waals surface area contributed by atoms with Crippen LogP contribution in [0.2, 0.25) is 0 Å². The summed E-state index contributed by atoms with van der Waals surface area (Å²) in [6.07, 6.45) is 3.37. The number of piperazine rings is 1. The minimum absolute atomic E-state index is 0.620. The maximum Gasteiger partial charge on any atom is 0.224 e. The largest absolute Gasteiger partial charge is 0.480 e. The second-order valence-electron chi connectivity index (χ2n) is 6.20. The van der Waals surface area contributed by atoms with Gasteiger partial charge in [0.1, 0.15) is 6.33 Å². The van der Waals surface area contributed by atoms with Gasteiger partial charge in [0.25, 0.3) is 0 Å². The molecule has 0 aliphatic carbocycles. The average molecular weight is 339 g/mol. The molecule has 8 heteroatoms. The number of methoxy groups -OCH3 is 1. The van der Waals surface area contributed by atoms with Gasteiger partial charge in [0.15, 0.2) is 0 Å². The Morgan fingerprint density at radius 1 is 1.12 bits per heavy atom. The van der Waals surface area contributed by atoms with Crippen LogP contribution in [0, 0.1) is 0 Å². The van der Waals surface area contributed by atoms with Crippen LogP contribution >= 0.6 is 0 Å². The smallest absolute Gasteiger partial charge is 0.224 e. The quantitative estimate of drug-likeness (QED) is 0.704. The predicted molar refractivity (Wildman–Crippen MR) is 94.6 cm³/mol. The zero-order valence-corrected chi connectivity index (χ0v) is 14.5. The van der Waals surface area contributed by atoms with Crippen molar-refractivity contribution >= 4 is 16.6 Å². The van der Waals surface area contributed by atoms with Gasteiger partial charge in [0, 0.05) is 45.5 Å². The van der Waals surface area contributed by atoms with E-state index >= 15 is 0 Å². The molecule has 25 heavy (non-hydrogen) atoms. The maximum atomic E-state index is 5.36. The Kier molecular flexibility index (Phi) is 4.19. The summed E-state index contributed by atoms with van der Waals surface area (Å²) in [6, 6.07) is 6.27. The molecule has 3 heterocycles. The Labute approximate surface area is 146 Å². The van der Waals surface area contributed by atoms with Crippen LogP contribution in [0.3, 0.4) is 0 Å². The molecule has 0 atom stereocenters. The Morgan fingerprint density at radius 3 is 2.68 bits per heavy atom. The molecule has 0 N–H and O–H groups in total. The van der Waals surface area contributed by atoms with E-state index in [0.717, 1.165) is 49.3 Å². The number of fused-ring (bicyclic) bond motifs is 1. The van der Waals surface area contributed by atoms with Crippen molar-refractivity contribution in [3.63, 3.8) is 0 Å². The van der Waals surface area contributed by atoms with Crippen LogP contribution in [0.1, 0.15) is 5.69 Å². The van der Waals surface area contributed by atoms with Crippen LogP contribution in [-0.4, -0.2) is 63.2 Å². The number of rotatable bonds is 4. The molecule has 1 saturated heterocycles. The molecular weight excluding hydrogens is 318 g/mol. The molecule has 2 aromatic heterocycles. The molecule has 0 spiro atoms. The van der Waals surface area contributed by atoms with Gasteiger partial charge in [-0.3, -0.25) is 9.58 Å². The van der Waals surface area contributed by atoms with Gasteiger partial charge in [0.05, 0.1) is 29.9 Å². The van der Waals surface area contributed by atoms with E-state index in [4.69, 9.17) is 4.74 Å².